The number of likely N-dealkylation sites (tertiary alicyclic amines) is 1. The molecule has 0 radical (unpaired) electrons. The Labute approximate surface area is 230 Å². The van der Waals surface area contributed by atoms with Gasteiger partial charge in [-0.3, -0.25) is 4.79 Å². The molecule has 1 aliphatic heterocycles. The van der Waals surface area contributed by atoms with Gasteiger partial charge in [-0.25, -0.2) is 14.8 Å². The monoisotopic (exact) mass is 530 g/mol. The first-order valence-corrected chi connectivity index (χ1v) is 13.9. The van der Waals surface area contributed by atoms with Crippen molar-refractivity contribution in [2.75, 3.05) is 13.2 Å². The average molecular weight is 531 g/mol. The number of ether oxygens (including phenoxy) is 1. The zero-order chi connectivity index (χ0) is 27.6. The summed E-state index contributed by atoms with van der Waals surface area (Å²) >= 11 is 0. The Hall–Kier alpha value is -3.78. The van der Waals surface area contributed by atoms with Gasteiger partial charge in [0.1, 0.15) is 11.8 Å². The van der Waals surface area contributed by atoms with Crippen molar-refractivity contribution in [3.05, 3.63) is 66.5 Å². The summed E-state index contributed by atoms with van der Waals surface area (Å²) in [5.74, 6) is 0.188. The number of nitrogens with zero attached hydrogens (tertiary/aromatic N) is 3. The fourth-order valence-corrected chi connectivity index (χ4v) is 4.90. The van der Waals surface area contributed by atoms with Gasteiger partial charge in [-0.05, 0) is 48.9 Å². The van der Waals surface area contributed by atoms with Gasteiger partial charge in [0.2, 0.25) is 5.91 Å². The van der Waals surface area contributed by atoms with E-state index in [9.17, 15) is 14.7 Å². The summed E-state index contributed by atoms with van der Waals surface area (Å²) in [5, 5.41) is 9.34. The molecule has 1 aromatic heterocycles. The maximum atomic E-state index is 12.7. The second kappa shape index (κ2) is 13.8. The van der Waals surface area contributed by atoms with E-state index in [4.69, 9.17) is 10.5 Å². The maximum Gasteiger partial charge on any atom is 0.326 e. The molecule has 0 bridgehead atoms. The second-order valence-electron chi connectivity index (χ2n) is 10.1. The van der Waals surface area contributed by atoms with Crippen LogP contribution in [0.1, 0.15) is 57.4 Å². The number of nitrogens with two attached hydrogens (primary N) is 1. The van der Waals surface area contributed by atoms with E-state index in [2.05, 4.69) is 16.9 Å². The van der Waals surface area contributed by atoms with Crippen LogP contribution in [0.2, 0.25) is 0 Å². The van der Waals surface area contributed by atoms with E-state index < -0.39 is 18.1 Å². The van der Waals surface area contributed by atoms with Crippen LogP contribution < -0.4 is 10.5 Å². The number of aliphatic carboxylic acids is 1. The summed E-state index contributed by atoms with van der Waals surface area (Å²) in [4.78, 5) is 34.6. The SMILES string of the molecule is CCCCCCCOc1ccc(-c2cnc(-c3ccc(C[C@H](N)C(=O)N4CCCC4C(=O)O)cc3)nc2)cc1. The van der Waals surface area contributed by atoms with Crippen molar-refractivity contribution in [2.24, 2.45) is 5.73 Å². The first-order valence-electron chi connectivity index (χ1n) is 13.9. The van der Waals surface area contributed by atoms with Crippen molar-refractivity contribution in [3.63, 3.8) is 0 Å². The largest absolute Gasteiger partial charge is 0.494 e. The van der Waals surface area contributed by atoms with E-state index >= 15 is 0 Å². The van der Waals surface area contributed by atoms with E-state index in [1.54, 1.807) is 0 Å². The third-order valence-corrected chi connectivity index (χ3v) is 7.16. The lowest BCUT2D eigenvalue weighted by Gasteiger charge is -2.24. The molecule has 1 saturated heterocycles. The van der Waals surface area contributed by atoms with Gasteiger partial charge >= 0.3 is 5.97 Å². The summed E-state index contributed by atoms with van der Waals surface area (Å²) < 4.78 is 5.86. The number of rotatable bonds is 13. The Morgan fingerprint density at radius 3 is 2.31 bits per heavy atom. The summed E-state index contributed by atoms with van der Waals surface area (Å²) in [7, 11) is 0. The minimum absolute atomic E-state index is 0.315. The van der Waals surface area contributed by atoms with Gasteiger partial charge in [-0.15, -0.1) is 0 Å². The second-order valence-corrected chi connectivity index (χ2v) is 10.1. The van der Waals surface area contributed by atoms with Crippen LogP contribution in [-0.2, 0) is 16.0 Å². The number of unbranched alkanes of at least 4 members (excludes halogenated alkanes) is 4. The number of carboxylic acids is 1. The molecule has 3 N–H and O–H groups in total. The molecule has 8 heteroatoms. The van der Waals surface area contributed by atoms with Crippen LogP contribution >= 0.6 is 0 Å². The van der Waals surface area contributed by atoms with Crippen molar-refractivity contribution in [2.45, 2.75) is 70.4 Å². The van der Waals surface area contributed by atoms with E-state index in [0.29, 0.717) is 31.6 Å². The minimum atomic E-state index is -0.974. The first-order chi connectivity index (χ1) is 19.0. The van der Waals surface area contributed by atoms with Gasteiger partial charge in [0.15, 0.2) is 5.82 Å². The summed E-state index contributed by atoms with van der Waals surface area (Å²) in [6.45, 7) is 3.40. The van der Waals surface area contributed by atoms with Crippen molar-refractivity contribution >= 4 is 11.9 Å². The van der Waals surface area contributed by atoms with Crippen LogP contribution in [0.15, 0.2) is 60.9 Å². The van der Waals surface area contributed by atoms with Crippen molar-refractivity contribution in [3.8, 4) is 28.3 Å². The Bertz CT molecular complexity index is 1210. The fourth-order valence-electron chi connectivity index (χ4n) is 4.90. The molecule has 1 unspecified atom stereocenters. The molecule has 0 saturated carbocycles. The number of carbonyl (C=O) groups is 2. The first kappa shape index (κ1) is 28.2. The third kappa shape index (κ3) is 7.63. The molecule has 1 fully saturated rings. The smallest absolute Gasteiger partial charge is 0.326 e. The molecule has 2 aromatic carbocycles. The highest BCUT2D eigenvalue weighted by molar-refractivity contribution is 5.87. The van der Waals surface area contributed by atoms with Gasteiger partial charge in [-0.1, -0.05) is 69.0 Å². The number of hydrogen-bond donors (Lipinski definition) is 2. The van der Waals surface area contributed by atoms with E-state index in [1.807, 2.05) is 60.9 Å². The molecule has 2 atom stereocenters. The Balaban J connectivity index is 1.30. The predicted molar refractivity (Wildman–Crippen MR) is 151 cm³/mol. The summed E-state index contributed by atoms with van der Waals surface area (Å²) in [6.07, 6.45) is 11.2. The molecule has 3 aromatic rings. The van der Waals surface area contributed by atoms with Crippen LogP contribution in [0.5, 0.6) is 5.75 Å². The van der Waals surface area contributed by atoms with Crippen LogP contribution in [-0.4, -0.2) is 57.1 Å². The summed E-state index contributed by atoms with van der Waals surface area (Å²) in [5.41, 5.74) is 9.85. The van der Waals surface area contributed by atoms with Gasteiger partial charge in [0, 0.05) is 30.1 Å². The Kier molecular flexibility index (Phi) is 10.0. The molecule has 1 amide bonds. The number of carbonyl (C=O) groups excluding carboxylic acids is 1. The van der Waals surface area contributed by atoms with Crippen molar-refractivity contribution in [1.29, 1.82) is 0 Å². The van der Waals surface area contributed by atoms with Crippen LogP contribution in [0.25, 0.3) is 22.5 Å². The quantitative estimate of drug-likeness (QED) is 0.295. The number of hydrogen-bond acceptors (Lipinski definition) is 6. The highest BCUT2D eigenvalue weighted by Crippen LogP contribution is 2.24. The van der Waals surface area contributed by atoms with Crippen LogP contribution in [0.3, 0.4) is 0 Å². The molecule has 0 spiro atoms. The van der Waals surface area contributed by atoms with Gasteiger partial charge in [0.05, 0.1) is 12.6 Å². The highest BCUT2D eigenvalue weighted by Gasteiger charge is 2.36. The molecular weight excluding hydrogens is 492 g/mol. The number of aromatic nitrogens is 2. The lowest BCUT2D eigenvalue weighted by Crippen LogP contribution is -2.49. The average Bonchev–Trinajstić information content (AvgIpc) is 3.46. The Morgan fingerprint density at radius 1 is 0.974 bits per heavy atom. The molecule has 4 rings (SSSR count). The lowest BCUT2D eigenvalue weighted by molar-refractivity contribution is -0.148. The lowest BCUT2D eigenvalue weighted by atomic mass is 10.0. The molecule has 39 heavy (non-hydrogen) atoms. The minimum Gasteiger partial charge on any atom is -0.494 e. The third-order valence-electron chi connectivity index (χ3n) is 7.16. The normalized spacial score (nSPS) is 15.7. The van der Waals surface area contributed by atoms with E-state index in [-0.39, 0.29) is 5.91 Å². The topological polar surface area (TPSA) is 119 Å². The number of carboxylic acid groups (broad SMARTS) is 1. The number of benzene rings is 2. The van der Waals surface area contributed by atoms with Crippen LogP contribution in [0.4, 0.5) is 0 Å². The van der Waals surface area contributed by atoms with E-state index in [0.717, 1.165) is 41.0 Å². The molecule has 8 nitrogen and oxygen atoms in total. The van der Waals surface area contributed by atoms with Gasteiger partial charge < -0.3 is 20.5 Å². The zero-order valence-electron chi connectivity index (χ0n) is 22.6. The van der Waals surface area contributed by atoms with Crippen molar-refractivity contribution in [1.82, 2.24) is 14.9 Å². The molecule has 2 heterocycles. The molecular formula is C31H38N4O4. The molecule has 206 valence electrons. The van der Waals surface area contributed by atoms with E-state index in [1.165, 1.54) is 30.6 Å². The van der Waals surface area contributed by atoms with Gasteiger partial charge in [-0.2, -0.15) is 0 Å². The highest BCUT2D eigenvalue weighted by atomic mass is 16.5. The van der Waals surface area contributed by atoms with Crippen LogP contribution in [0, 0.1) is 0 Å². The summed E-state index contributed by atoms with van der Waals surface area (Å²) in [6, 6.07) is 14.1. The number of amides is 1. The standard InChI is InChI=1S/C31H38N4O4/c1-2-3-4-5-6-18-39-26-15-13-23(14-16-26)25-20-33-29(34-21-25)24-11-9-22(10-12-24)19-27(32)30(36)35-17-7-8-28(35)31(37)38/h9-16,20-21,27-28H,2-8,17-19,32H2,1H3,(H,37,38)/t27-,28?/m0/s1. The van der Waals surface area contributed by atoms with Gasteiger partial charge in [0.25, 0.3) is 0 Å². The maximum absolute atomic E-state index is 12.7. The fraction of sp³-hybridized carbons (Fsp3) is 0.419. The molecule has 0 aliphatic carbocycles. The van der Waals surface area contributed by atoms with Crippen molar-refractivity contribution < 1.29 is 19.4 Å². The Morgan fingerprint density at radius 2 is 1.64 bits per heavy atom. The predicted octanol–water partition coefficient (Wildman–Crippen LogP) is 5.11. The zero-order valence-corrected chi connectivity index (χ0v) is 22.6. The molecule has 1 aliphatic rings.